The summed E-state index contributed by atoms with van der Waals surface area (Å²) in [6.07, 6.45) is 5.31. The fraction of sp³-hybridized carbons (Fsp3) is 0.357. The number of carbonyl (C=O) groups is 2. The van der Waals surface area contributed by atoms with Crippen LogP contribution < -0.4 is 29.2 Å². The highest BCUT2D eigenvalue weighted by atomic mass is 16.6. The topological polar surface area (TPSA) is 99.5 Å². The van der Waals surface area contributed by atoms with Gasteiger partial charge in [-0.2, -0.15) is 0 Å². The standard InChI is InChI=1S/C28H30N2O7/c1-33-22-10-5-9-20(26(22)34-2)25(27(31)29-18-7-3-4-8-18)30(28(32)23-11-6-14-35-23)19-12-13-21-24(17-19)37-16-15-36-21/h5-6,9-14,17-18,25H,3-4,7-8,15-16H2,1-2H3,(H,29,31)/t25-/m1/s1. The molecular weight excluding hydrogens is 476 g/mol. The summed E-state index contributed by atoms with van der Waals surface area (Å²) in [6.45, 7) is 0.826. The van der Waals surface area contributed by atoms with Crippen LogP contribution in [-0.4, -0.2) is 45.3 Å². The molecule has 1 atom stereocenters. The van der Waals surface area contributed by atoms with Crippen LogP contribution >= 0.6 is 0 Å². The van der Waals surface area contributed by atoms with E-state index < -0.39 is 11.9 Å². The number of nitrogens with zero attached hydrogens (tertiary/aromatic N) is 1. The second kappa shape index (κ2) is 10.9. The predicted molar refractivity (Wildman–Crippen MR) is 136 cm³/mol. The zero-order valence-corrected chi connectivity index (χ0v) is 20.9. The predicted octanol–water partition coefficient (Wildman–Crippen LogP) is 4.51. The van der Waals surface area contributed by atoms with Crippen molar-refractivity contribution < 1.29 is 33.0 Å². The van der Waals surface area contributed by atoms with Gasteiger partial charge in [0.2, 0.25) is 5.91 Å². The van der Waals surface area contributed by atoms with Gasteiger partial charge in [0.15, 0.2) is 28.8 Å². The van der Waals surface area contributed by atoms with Crippen LogP contribution in [0.3, 0.4) is 0 Å². The van der Waals surface area contributed by atoms with Crippen molar-refractivity contribution in [1.82, 2.24) is 5.32 Å². The Morgan fingerprint density at radius 2 is 1.76 bits per heavy atom. The van der Waals surface area contributed by atoms with Gasteiger partial charge in [0.25, 0.3) is 5.91 Å². The Bertz CT molecular complexity index is 1250. The van der Waals surface area contributed by atoms with Crippen molar-refractivity contribution in [3.05, 3.63) is 66.1 Å². The van der Waals surface area contributed by atoms with Crippen LogP contribution in [0, 0.1) is 0 Å². The van der Waals surface area contributed by atoms with Crippen molar-refractivity contribution in [1.29, 1.82) is 0 Å². The van der Waals surface area contributed by atoms with Gasteiger partial charge in [-0.1, -0.05) is 25.0 Å². The Hall–Kier alpha value is -4.14. The number of hydrogen-bond acceptors (Lipinski definition) is 7. The van der Waals surface area contributed by atoms with Gasteiger partial charge in [0.1, 0.15) is 19.3 Å². The fourth-order valence-corrected chi connectivity index (χ4v) is 4.96. The summed E-state index contributed by atoms with van der Waals surface area (Å²) in [7, 11) is 3.04. The number of rotatable bonds is 8. The first-order valence-corrected chi connectivity index (χ1v) is 12.4. The van der Waals surface area contributed by atoms with Gasteiger partial charge in [0, 0.05) is 23.4 Å². The molecule has 1 saturated carbocycles. The maximum Gasteiger partial charge on any atom is 0.294 e. The molecule has 1 aromatic heterocycles. The van der Waals surface area contributed by atoms with Gasteiger partial charge < -0.3 is 28.7 Å². The van der Waals surface area contributed by atoms with E-state index in [0.29, 0.717) is 47.5 Å². The lowest BCUT2D eigenvalue weighted by Crippen LogP contribution is -2.46. The molecule has 37 heavy (non-hydrogen) atoms. The maximum absolute atomic E-state index is 14.1. The quantitative estimate of drug-likeness (QED) is 0.480. The smallest absolute Gasteiger partial charge is 0.294 e. The summed E-state index contributed by atoms with van der Waals surface area (Å²) in [6, 6.07) is 12.6. The number of fused-ring (bicyclic) bond motifs is 1. The molecule has 2 aromatic carbocycles. The summed E-state index contributed by atoms with van der Waals surface area (Å²) >= 11 is 0. The van der Waals surface area contributed by atoms with Crippen molar-refractivity contribution in [3.8, 4) is 23.0 Å². The zero-order valence-electron chi connectivity index (χ0n) is 20.9. The van der Waals surface area contributed by atoms with Gasteiger partial charge in [-0.15, -0.1) is 0 Å². The minimum absolute atomic E-state index is 0.0347. The number of amides is 2. The normalized spacial score (nSPS) is 15.6. The molecule has 1 aliphatic carbocycles. The average Bonchev–Trinajstić information content (AvgIpc) is 3.65. The molecule has 0 radical (unpaired) electrons. The molecule has 1 N–H and O–H groups in total. The molecule has 0 unspecified atom stereocenters. The number of furan rings is 1. The van der Waals surface area contributed by atoms with E-state index in [4.69, 9.17) is 23.4 Å². The molecule has 0 spiro atoms. The van der Waals surface area contributed by atoms with Gasteiger partial charge in [-0.05, 0) is 43.2 Å². The average molecular weight is 507 g/mol. The summed E-state index contributed by atoms with van der Waals surface area (Å²) in [5.41, 5.74) is 0.925. The molecule has 3 aromatic rings. The van der Waals surface area contributed by atoms with Gasteiger partial charge in [-0.25, -0.2) is 0 Å². The third-order valence-corrected chi connectivity index (χ3v) is 6.69. The summed E-state index contributed by atoms with van der Waals surface area (Å²) in [4.78, 5) is 29.5. The highest BCUT2D eigenvalue weighted by Gasteiger charge is 2.38. The number of methoxy groups -OCH3 is 2. The summed E-state index contributed by atoms with van der Waals surface area (Å²) < 4.78 is 28.2. The van der Waals surface area contributed by atoms with Crippen LogP contribution in [0.4, 0.5) is 5.69 Å². The van der Waals surface area contributed by atoms with E-state index in [1.54, 1.807) is 48.5 Å². The van der Waals surface area contributed by atoms with E-state index in [0.717, 1.165) is 25.7 Å². The SMILES string of the molecule is COc1cccc([C@H](C(=O)NC2CCCC2)N(C(=O)c2ccco2)c2ccc3c(c2)OCCO3)c1OC. The van der Waals surface area contributed by atoms with Crippen molar-refractivity contribution in [2.45, 2.75) is 37.8 Å². The third-order valence-electron chi connectivity index (χ3n) is 6.69. The fourth-order valence-electron chi connectivity index (χ4n) is 4.96. The number of hydrogen-bond donors (Lipinski definition) is 1. The molecular formula is C28H30N2O7. The molecule has 0 saturated heterocycles. The van der Waals surface area contributed by atoms with E-state index in [-0.39, 0.29) is 17.7 Å². The zero-order chi connectivity index (χ0) is 25.8. The highest BCUT2D eigenvalue weighted by Crippen LogP contribution is 2.42. The van der Waals surface area contributed by atoms with Crippen LogP contribution in [0.2, 0.25) is 0 Å². The molecule has 0 bridgehead atoms. The van der Waals surface area contributed by atoms with Crippen LogP contribution in [0.15, 0.2) is 59.2 Å². The number of anilines is 1. The Balaban J connectivity index is 1.67. The lowest BCUT2D eigenvalue weighted by atomic mass is 10.00. The van der Waals surface area contributed by atoms with E-state index in [1.807, 2.05) is 0 Å². The Morgan fingerprint density at radius 3 is 2.46 bits per heavy atom. The molecule has 194 valence electrons. The second-order valence-corrected chi connectivity index (χ2v) is 8.96. The minimum atomic E-state index is -1.09. The molecule has 2 heterocycles. The monoisotopic (exact) mass is 506 g/mol. The molecule has 2 amide bonds. The molecule has 5 rings (SSSR count). The number of benzene rings is 2. The van der Waals surface area contributed by atoms with E-state index >= 15 is 0 Å². The van der Waals surface area contributed by atoms with Crippen LogP contribution in [0.5, 0.6) is 23.0 Å². The first-order valence-electron chi connectivity index (χ1n) is 12.4. The van der Waals surface area contributed by atoms with Crippen LogP contribution in [0.1, 0.15) is 47.8 Å². The number of nitrogens with one attached hydrogen (secondary N) is 1. The van der Waals surface area contributed by atoms with E-state index in [1.165, 1.54) is 25.4 Å². The first-order chi connectivity index (χ1) is 18.1. The highest BCUT2D eigenvalue weighted by molar-refractivity contribution is 6.09. The maximum atomic E-state index is 14.1. The molecule has 9 nitrogen and oxygen atoms in total. The largest absolute Gasteiger partial charge is 0.493 e. The summed E-state index contributed by atoms with van der Waals surface area (Å²) in [5.74, 6) is 1.17. The molecule has 2 aliphatic rings. The molecule has 1 fully saturated rings. The van der Waals surface area contributed by atoms with Gasteiger partial charge in [0.05, 0.1) is 20.5 Å². The Morgan fingerprint density at radius 1 is 0.973 bits per heavy atom. The van der Waals surface area contributed by atoms with Gasteiger partial charge >= 0.3 is 0 Å². The number of para-hydroxylation sites is 1. The van der Waals surface area contributed by atoms with E-state index in [2.05, 4.69) is 5.32 Å². The lowest BCUT2D eigenvalue weighted by Gasteiger charge is -2.33. The van der Waals surface area contributed by atoms with E-state index in [9.17, 15) is 9.59 Å². The third kappa shape index (κ3) is 4.94. The first kappa shape index (κ1) is 24.5. The lowest BCUT2D eigenvalue weighted by molar-refractivity contribution is -0.123. The summed E-state index contributed by atoms with van der Waals surface area (Å²) in [5, 5.41) is 3.16. The van der Waals surface area contributed by atoms with Gasteiger partial charge in [-0.3, -0.25) is 14.5 Å². The van der Waals surface area contributed by atoms with Crippen LogP contribution in [0.25, 0.3) is 0 Å². The Labute approximate surface area is 215 Å². The van der Waals surface area contributed by atoms with Crippen molar-refractivity contribution >= 4 is 17.5 Å². The molecule has 9 heteroatoms. The minimum Gasteiger partial charge on any atom is -0.493 e. The molecule has 1 aliphatic heterocycles. The number of ether oxygens (including phenoxy) is 4. The van der Waals surface area contributed by atoms with Crippen LogP contribution in [-0.2, 0) is 4.79 Å². The van der Waals surface area contributed by atoms with Crippen molar-refractivity contribution in [2.75, 3.05) is 32.3 Å². The van der Waals surface area contributed by atoms with Crippen molar-refractivity contribution in [3.63, 3.8) is 0 Å². The Kier molecular flexibility index (Phi) is 7.20. The second-order valence-electron chi connectivity index (χ2n) is 8.96. The van der Waals surface area contributed by atoms with Crippen molar-refractivity contribution in [2.24, 2.45) is 0 Å². The number of carbonyl (C=O) groups excluding carboxylic acids is 2.